The largest absolute Gasteiger partial charge is 0.440 e. The zero-order chi connectivity index (χ0) is 11.2. The van der Waals surface area contributed by atoms with Crippen LogP contribution in [0.4, 0.5) is 13.2 Å². The standard InChI is InChI=1S/C8H13F3N2O/c1-6(2,3)5-4-7(14,13-12-5)8(9,10)11/h5,14H,4H2,1-3H3. The summed E-state index contributed by atoms with van der Waals surface area (Å²) >= 11 is 0. The Hall–Kier alpha value is -0.650. The highest BCUT2D eigenvalue weighted by Crippen LogP contribution is 2.43. The van der Waals surface area contributed by atoms with E-state index in [1.165, 1.54) is 0 Å². The third-order valence-electron chi connectivity index (χ3n) is 2.29. The molecule has 0 amide bonds. The molecule has 0 saturated heterocycles. The fourth-order valence-electron chi connectivity index (χ4n) is 1.17. The second-order valence-electron chi connectivity index (χ2n) is 4.62. The van der Waals surface area contributed by atoms with Crippen molar-refractivity contribution in [1.29, 1.82) is 0 Å². The maximum absolute atomic E-state index is 12.3. The van der Waals surface area contributed by atoms with Crippen LogP contribution in [0.25, 0.3) is 0 Å². The molecule has 2 atom stereocenters. The molecule has 0 fully saturated rings. The van der Waals surface area contributed by atoms with Gasteiger partial charge >= 0.3 is 6.18 Å². The lowest BCUT2D eigenvalue weighted by atomic mass is 9.83. The van der Waals surface area contributed by atoms with Crippen molar-refractivity contribution >= 4 is 0 Å². The molecule has 14 heavy (non-hydrogen) atoms. The second-order valence-corrected chi connectivity index (χ2v) is 4.62. The van der Waals surface area contributed by atoms with Gasteiger partial charge in [0.2, 0.25) is 0 Å². The number of azo groups is 1. The van der Waals surface area contributed by atoms with Crippen LogP contribution in [0.2, 0.25) is 0 Å². The molecule has 1 heterocycles. The van der Waals surface area contributed by atoms with E-state index >= 15 is 0 Å². The van der Waals surface area contributed by atoms with E-state index in [4.69, 9.17) is 0 Å². The van der Waals surface area contributed by atoms with Crippen LogP contribution < -0.4 is 0 Å². The van der Waals surface area contributed by atoms with Crippen molar-refractivity contribution in [3.8, 4) is 0 Å². The van der Waals surface area contributed by atoms with Crippen molar-refractivity contribution < 1.29 is 18.3 Å². The summed E-state index contributed by atoms with van der Waals surface area (Å²) in [5, 5.41) is 15.6. The molecular formula is C8H13F3N2O. The molecule has 3 nitrogen and oxygen atoms in total. The molecule has 0 radical (unpaired) electrons. The first kappa shape index (κ1) is 11.4. The Morgan fingerprint density at radius 3 is 2.00 bits per heavy atom. The zero-order valence-electron chi connectivity index (χ0n) is 8.26. The molecular weight excluding hydrogens is 197 g/mol. The van der Waals surface area contributed by atoms with E-state index in [2.05, 4.69) is 10.2 Å². The molecule has 1 N–H and O–H groups in total. The fraction of sp³-hybridized carbons (Fsp3) is 1.00. The number of hydrogen-bond acceptors (Lipinski definition) is 3. The van der Waals surface area contributed by atoms with Gasteiger partial charge in [0.25, 0.3) is 5.72 Å². The maximum Gasteiger partial charge on any atom is 0.440 e. The lowest BCUT2D eigenvalue weighted by Gasteiger charge is -2.26. The minimum Gasteiger partial charge on any atom is -0.361 e. The third kappa shape index (κ3) is 1.89. The van der Waals surface area contributed by atoms with Crippen molar-refractivity contribution in [3.63, 3.8) is 0 Å². The van der Waals surface area contributed by atoms with Crippen LogP contribution in [-0.2, 0) is 0 Å². The van der Waals surface area contributed by atoms with E-state index in [1.807, 2.05) is 0 Å². The molecule has 6 heteroatoms. The summed E-state index contributed by atoms with van der Waals surface area (Å²) in [5.41, 5.74) is -3.40. The molecule has 0 aromatic carbocycles. The van der Waals surface area contributed by atoms with Crippen LogP contribution in [0.3, 0.4) is 0 Å². The van der Waals surface area contributed by atoms with Gasteiger partial charge < -0.3 is 5.11 Å². The van der Waals surface area contributed by atoms with Crippen LogP contribution in [0.5, 0.6) is 0 Å². The van der Waals surface area contributed by atoms with Gasteiger partial charge in [-0.25, -0.2) is 0 Å². The summed E-state index contributed by atoms with van der Waals surface area (Å²) in [6, 6.07) is -0.589. The van der Waals surface area contributed by atoms with Crippen molar-refractivity contribution in [2.24, 2.45) is 15.6 Å². The Bertz CT molecular complexity index is 256. The molecule has 82 valence electrons. The highest BCUT2D eigenvalue weighted by Gasteiger charge is 2.59. The smallest absolute Gasteiger partial charge is 0.361 e. The predicted octanol–water partition coefficient (Wildman–Crippen LogP) is 2.51. The van der Waals surface area contributed by atoms with E-state index in [1.54, 1.807) is 20.8 Å². The van der Waals surface area contributed by atoms with Gasteiger partial charge in [0.1, 0.15) is 0 Å². The molecule has 0 bridgehead atoms. The molecule has 0 saturated carbocycles. The van der Waals surface area contributed by atoms with Gasteiger partial charge in [-0.1, -0.05) is 20.8 Å². The average molecular weight is 210 g/mol. The normalized spacial score (nSPS) is 33.8. The molecule has 0 aromatic rings. The summed E-state index contributed by atoms with van der Waals surface area (Å²) in [5.74, 6) is 0. The lowest BCUT2D eigenvalue weighted by molar-refractivity contribution is -0.257. The van der Waals surface area contributed by atoms with Crippen LogP contribution in [-0.4, -0.2) is 23.0 Å². The molecule has 0 spiro atoms. The van der Waals surface area contributed by atoms with E-state index < -0.39 is 29.8 Å². The molecule has 1 aliphatic heterocycles. The van der Waals surface area contributed by atoms with Gasteiger partial charge in [-0.05, 0) is 5.41 Å². The van der Waals surface area contributed by atoms with E-state index in [9.17, 15) is 18.3 Å². The SMILES string of the molecule is CC(C)(C)C1CC(O)(C(F)(F)F)N=N1. The van der Waals surface area contributed by atoms with Crippen LogP contribution in [0.15, 0.2) is 10.2 Å². The quantitative estimate of drug-likeness (QED) is 0.656. The summed E-state index contributed by atoms with van der Waals surface area (Å²) in [7, 11) is 0. The van der Waals surface area contributed by atoms with E-state index in [0.29, 0.717) is 0 Å². The fourth-order valence-corrected chi connectivity index (χ4v) is 1.17. The van der Waals surface area contributed by atoms with Gasteiger partial charge in [0.15, 0.2) is 0 Å². The predicted molar refractivity (Wildman–Crippen MR) is 43.7 cm³/mol. The third-order valence-corrected chi connectivity index (χ3v) is 2.29. The Labute approximate surface area is 80.0 Å². The number of aliphatic hydroxyl groups is 1. The van der Waals surface area contributed by atoms with Crippen molar-refractivity contribution in [1.82, 2.24) is 0 Å². The Balaban J connectivity index is 2.82. The Morgan fingerprint density at radius 2 is 1.79 bits per heavy atom. The monoisotopic (exact) mass is 210 g/mol. The van der Waals surface area contributed by atoms with Gasteiger partial charge in [0.05, 0.1) is 6.04 Å². The lowest BCUT2D eigenvalue weighted by Crippen LogP contribution is -2.43. The number of nitrogens with zero attached hydrogens (tertiary/aromatic N) is 2. The Morgan fingerprint density at radius 1 is 1.29 bits per heavy atom. The minimum atomic E-state index is -4.74. The molecule has 0 aliphatic carbocycles. The highest BCUT2D eigenvalue weighted by molar-refractivity contribution is 4.96. The number of hydrogen-bond donors (Lipinski definition) is 1. The van der Waals surface area contributed by atoms with Gasteiger partial charge in [-0.15, -0.1) is 5.11 Å². The van der Waals surface area contributed by atoms with E-state index in [0.717, 1.165) is 0 Å². The molecule has 0 aromatic heterocycles. The number of rotatable bonds is 0. The van der Waals surface area contributed by atoms with E-state index in [-0.39, 0.29) is 0 Å². The Kier molecular flexibility index (Phi) is 2.38. The number of alkyl halides is 3. The first-order valence-corrected chi connectivity index (χ1v) is 4.27. The van der Waals surface area contributed by atoms with Crippen LogP contribution in [0, 0.1) is 5.41 Å². The zero-order valence-corrected chi connectivity index (χ0v) is 8.26. The summed E-state index contributed by atoms with van der Waals surface area (Å²) in [4.78, 5) is 0. The maximum atomic E-state index is 12.3. The second kappa shape index (κ2) is 2.92. The minimum absolute atomic E-state index is 0.417. The first-order valence-electron chi connectivity index (χ1n) is 4.27. The average Bonchev–Trinajstić information content (AvgIpc) is 2.29. The van der Waals surface area contributed by atoms with Crippen LogP contribution >= 0.6 is 0 Å². The van der Waals surface area contributed by atoms with Gasteiger partial charge in [-0.2, -0.15) is 18.3 Å². The number of halogens is 3. The topological polar surface area (TPSA) is 45.0 Å². The summed E-state index contributed by atoms with van der Waals surface area (Å²) < 4.78 is 36.9. The van der Waals surface area contributed by atoms with Crippen molar-refractivity contribution in [2.75, 3.05) is 0 Å². The molecule has 2 unspecified atom stereocenters. The highest BCUT2D eigenvalue weighted by atomic mass is 19.4. The summed E-state index contributed by atoms with van der Waals surface area (Å²) in [6.07, 6.45) is -5.23. The first-order chi connectivity index (χ1) is 6.06. The molecule has 1 rings (SSSR count). The van der Waals surface area contributed by atoms with Crippen LogP contribution in [0.1, 0.15) is 27.2 Å². The van der Waals surface area contributed by atoms with Crippen molar-refractivity contribution in [2.45, 2.75) is 45.1 Å². The van der Waals surface area contributed by atoms with Gasteiger partial charge in [-0.3, -0.25) is 0 Å². The summed E-state index contributed by atoms with van der Waals surface area (Å²) in [6.45, 7) is 5.29. The molecule has 1 aliphatic rings. The van der Waals surface area contributed by atoms with Crippen molar-refractivity contribution in [3.05, 3.63) is 0 Å². The van der Waals surface area contributed by atoms with Gasteiger partial charge in [0, 0.05) is 6.42 Å².